The van der Waals surface area contributed by atoms with Crippen LogP contribution in [0.1, 0.15) is 21.1 Å². The number of thiophene rings is 1. The Labute approximate surface area is 155 Å². The molecule has 3 heterocycles. The van der Waals surface area contributed by atoms with Crippen LogP contribution in [0.3, 0.4) is 0 Å². The Morgan fingerprint density at radius 1 is 1.36 bits per heavy atom. The standard InChI is InChI=1S/C17H11ClN2O3S2/c1-9-8-24-17-19-10(6-13(21)20(9)17)7-23-16(22)15-14(18)11-4-2-3-5-12(11)25-15/h2-6,8H,7H2,1H3. The largest absolute Gasteiger partial charge is 0.455 e. The smallest absolute Gasteiger partial charge is 0.350 e. The number of benzene rings is 1. The van der Waals surface area contributed by atoms with Crippen LogP contribution in [-0.4, -0.2) is 15.4 Å². The lowest BCUT2D eigenvalue weighted by atomic mass is 10.2. The summed E-state index contributed by atoms with van der Waals surface area (Å²) in [5.74, 6) is -0.518. The Balaban J connectivity index is 1.59. The molecule has 0 aliphatic heterocycles. The Bertz CT molecular complexity index is 1180. The normalized spacial score (nSPS) is 11.3. The number of rotatable bonds is 3. The molecule has 0 unspecified atom stereocenters. The van der Waals surface area contributed by atoms with Crippen molar-refractivity contribution in [3.05, 3.63) is 67.4 Å². The zero-order chi connectivity index (χ0) is 17.6. The molecule has 3 aromatic heterocycles. The van der Waals surface area contributed by atoms with Gasteiger partial charge < -0.3 is 4.74 Å². The highest BCUT2D eigenvalue weighted by Gasteiger charge is 2.18. The van der Waals surface area contributed by atoms with Crippen LogP contribution in [-0.2, 0) is 11.3 Å². The topological polar surface area (TPSA) is 60.7 Å². The van der Waals surface area contributed by atoms with Gasteiger partial charge in [-0.2, -0.15) is 0 Å². The summed E-state index contributed by atoms with van der Waals surface area (Å²) in [6.45, 7) is 1.77. The van der Waals surface area contributed by atoms with Crippen LogP contribution in [0.2, 0.25) is 5.02 Å². The zero-order valence-corrected chi connectivity index (χ0v) is 15.4. The third-order valence-corrected chi connectivity index (χ3v) is 6.30. The van der Waals surface area contributed by atoms with Crippen LogP contribution >= 0.6 is 34.3 Å². The van der Waals surface area contributed by atoms with Gasteiger partial charge in [0.05, 0.1) is 10.7 Å². The van der Waals surface area contributed by atoms with Crippen LogP contribution in [0.5, 0.6) is 0 Å². The van der Waals surface area contributed by atoms with Gasteiger partial charge in [-0.15, -0.1) is 22.7 Å². The fraction of sp³-hybridized carbons (Fsp3) is 0.118. The van der Waals surface area contributed by atoms with E-state index in [0.717, 1.165) is 15.8 Å². The highest BCUT2D eigenvalue weighted by molar-refractivity contribution is 7.21. The van der Waals surface area contributed by atoms with Gasteiger partial charge in [0.25, 0.3) is 5.56 Å². The predicted octanol–water partition coefficient (Wildman–Crippen LogP) is 4.29. The number of carbonyl (C=O) groups excluding carboxylic acids is 1. The number of hydrogen-bond acceptors (Lipinski definition) is 6. The van der Waals surface area contributed by atoms with Crippen molar-refractivity contribution in [2.24, 2.45) is 0 Å². The van der Waals surface area contributed by atoms with Crippen molar-refractivity contribution >= 4 is 55.3 Å². The summed E-state index contributed by atoms with van der Waals surface area (Å²) in [7, 11) is 0. The monoisotopic (exact) mass is 390 g/mol. The second kappa shape index (κ2) is 6.25. The van der Waals surface area contributed by atoms with Crippen molar-refractivity contribution in [3.8, 4) is 0 Å². The first-order valence-corrected chi connectivity index (χ1v) is 9.43. The summed E-state index contributed by atoms with van der Waals surface area (Å²) in [6.07, 6.45) is 0. The van der Waals surface area contributed by atoms with Gasteiger partial charge in [0, 0.05) is 27.2 Å². The van der Waals surface area contributed by atoms with E-state index in [4.69, 9.17) is 16.3 Å². The molecule has 5 nitrogen and oxygen atoms in total. The maximum Gasteiger partial charge on any atom is 0.350 e. The molecule has 0 spiro atoms. The number of halogens is 1. The minimum atomic E-state index is -0.518. The molecule has 0 amide bonds. The molecule has 0 bridgehead atoms. The highest BCUT2D eigenvalue weighted by atomic mass is 35.5. The molecule has 4 rings (SSSR count). The number of ether oxygens (including phenoxy) is 1. The molecule has 4 aromatic rings. The summed E-state index contributed by atoms with van der Waals surface area (Å²) in [4.78, 5) is 29.8. The molecular weight excluding hydrogens is 380 g/mol. The molecule has 25 heavy (non-hydrogen) atoms. The van der Waals surface area contributed by atoms with E-state index < -0.39 is 5.97 Å². The number of hydrogen-bond donors (Lipinski definition) is 0. The number of carbonyl (C=O) groups is 1. The average molecular weight is 391 g/mol. The lowest BCUT2D eigenvalue weighted by molar-refractivity contribution is 0.0474. The van der Waals surface area contributed by atoms with E-state index in [9.17, 15) is 9.59 Å². The summed E-state index contributed by atoms with van der Waals surface area (Å²) in [5, 5.41) is 3.08. The van der Waals surface area contributed by atoms with Gasteiger partial charge in [-0.25, -0.2) is 9.78 Å². The molecule has 0 saturated carbocycles. The molecule has 0 aliphatic rings. The van der Waals surface area contributed by atoms with Crippen molar-refractivity contribution in [1.29, 1.82) is 0 Å². The maximum atomic E-state index is 12.4. The first-order valence-electron chi connectivity index (χ1n) is 7.35. The van der Waals surface area contributed by atoms with Crippen LogP contribution in [0.15, 0.2) is 40.5 Å². The summed E-state index contributed by atoms with van der Waals surface area (Å²) in [6, 6.07) is 8.90. The number of esters is 1. The first-order chi connectivity index (χ1) is 12.0. The van der Waals surface area contributed by atoms with E-state index in [0.29, 0.717) is 20.6 Å². The van der Waals surface area contributed by atoms with Crippen LogP contribution in [0, 0.1) is 6.92 Å². The van der Waals surface area contributed by atoms with Gasteiger partial charge in [0.15, 0.2) is 4.96 Å². The van der Waals surface area contributed by atoms with Gasteiger partial charge >= 0.3 is 5.97 Å². The summed E-state index contributed by atoms with van der Waals surface area (Å²) >= 11 is 8.94. The van der Waals surface area contributed by atoms with Crippen LogP contribution < -0.4 is 5.56 Å². The van der Waals surface area contributed by atoms with Crippen molar-refractivity contribution in [1.82, 2.24) is 9.38 Å². The molecular formula is C17H11ClN2O3S2. The van der Waals surface area contributed by atoms with Gasteiger partial charge in [-0.1, -0.05) is 29.8 Å². The van der Waals surface area contributed by atoms with Crippen LogP contribution in [0.4, 0.5) is 0 Å². The highest BCUT2D eigenvalue weighted by Crippen LogP contribution is 2.35. The van der Waals surface area contributed by atoms with Gasteiger partial charge in [0.1, 0.15) is 11.5 Å². The van der Waals surface area contributed by atoms with Gasteiger partial charge in [-0.05, 0) is 13.0 Å². The second-order valence-electron chi connectivity index (χ2n) is 5.40. The third kappa shape index (κ3) is 2.84. The molecule has 1 aromatic carbocycles. The van der Waals surface area contributed by atoms with E-state index in [1.807, 2.05) is 36.6 Å². The Morgan fingerprint density at radius 2 is 2.16 bits per heavy atom. The molecule has 0 atom stereocenters. The summed E-state index contributed by atoms with van der Waals surface area (Å²) < 4.78 is 7.77. The van der Waals surface area contributed by atoms with E-state index in [2.05, 4.69) is 4.98 Å². The van der Waals surface area contributed by atoms with Gasteiger partial charge in [0.2, 0.25) is 0 Å². The lowest BCUT2D eigenvalue weighted by Gasteiger charge is -2.04. The molecule has 8 heteroatoms. The second-order valence-corrected chi connectivity index (χ2v) is 7.66. The Morgan fingerprint density at radius 3 is 2.96 bits per heavy atom. The van der Waals surface area contributed by atoms with E-state index >= 15 is 0 Å². The van der Waals surface area contributed by atoms with E-state index in [-0.39, 0.29) is 12.2 Å². The van der Waals surface area contributed by atoms with E-state index in [1.165, 1.54) is 33.1 Å². The Kier molecular flexibility index (Phi) is 4.07. The lowest BCUT2D eigenvalue weighted by Crippen LogP contribution is -2.16. The van der Waals surface area contributed by atoms with E-state index in [1.54, 1.807) is 0 Å². The first kappa shape index (κ1) is 16.3. The minimum absolute atomic E-state index is 0.0773. The number of fused-ring (bicyclic) bond motifs is 2. The number of thiazole rings is 1. The average Bonchev–Trinajstić information content (AvgIpc) is 3.14. The molecule has 0 radical (unpaired) electrons. The number of aryl methyl sites for hydroxylation is 1. The SMILES string of the molecule is Cc1csc2nc(COC(=O)c3sc4ccccc4c3Cl)cc(=O)n12. The van der Waals surface area contributed by atoms with Crippen LogP contribution in [0.25, 0.3) is 15.0 Å². The Hall–Kier alpha value is -2.22. The third-order valence-electron chi connectivity index (χ3n) is 3.70. The van der Waals surface area contributed by atoms with Crippen molar-refractivity contribution < 1.29 is 9.53 Å². The fourth-order valence-electron chi connectivity index (χ4n) is 2.53. The number of nitrogens with zero attached hydrogens (tertiary/aromatic N) is 2. The van der Waals surface area contributed by atoms with Crippen molar-refractivity contribution in [2.75, 3.05) is 0 Å². The quantitative estimate of drug-likeness (QED) is 0.489. The van der Waals surface area contributed by atoms with Crippen molar-refractivity contribution in [2.45, 2.75) is 13.5 Å². The fourth-order valence-corrected chi connectivity index (χ4v) is 4.82. The molecule has 0 aliphatic carbocycles. The zero-order valence-electron chi connectivity index (χ0n) is 13.0. The molecule has 0 saturated heterocycles. The molecule has 0 N–H and O–H groups in total. The number of aromatic nitrogens is 2. The molecule has 126 valence electrons. The minimum Gasteiger partial charge on any atom is -0.455 e. The maximum absolute atomic E-state index is 12.4. The van der Waals surface area contributed by atoms with Crippen molar-refractivity contribution in [3.63, 3.8) is 0 Å². The summed E-state index contributed by atoms with van der Waals surface area (Å²) in [5.41, 5.74) is 1.06. The van der Waals surface area contributed by atoms with Gasteiger partial charge in [-0.3, -0.25) is 9.20 Å². The molecule has 0 fully saturated rings. The predicted molar refractivity (Wildman–Crippen MR) is 100 cm³/mol.